The number of aryl methyl sites for hydroxylation is 1. The molecule has 2 amide bonds. The maximum absolute atomic E-state index is 14.2. The summed E-state index contributed by atoms with van der Waals surface area (Å²) in [7, 11) is -4.20. The van der Waals surface area contributed by atoms with Crippen molar-refractivity contribution < 1.29 is 22.7 Å². The summed E-state index contributed by atoms with van der Waals surface area (Å²) >= 11 is 6.45. The van der Waals surface area contributed by atoms with Crippen molar-refractivity contribution in [3.8, 4) is 11.5 Å². The molecule has 45 heavy (non-hydrogen) atoms. The van der Waals surface area contributed by atoms with Gasteiger partial charge in [0.2, 0.25) is 11.8 Å². The molecule has 1 N–H and O–H groups in total. The zero-order chi connectivity index (χ0) is 32.6. The van der Waals surface area contributed by atoms with Gasteiger partial charge in [0.25, 0.3) is 10.0 Å². The van der Waals surface area contributed by atoms with Crippen LogP contribution in [0.1, 0.15) is 38.3 Å². The summed E-state index contributed by atoms with van der Waals surface area (Å²) < 4.78 is 35.2. The van der Waals surface area contributed by atoms with Crippen LogP contribution in [-0.4, -0.2) is 43.8 Å². The van der Waals surface area contributed by atoms with Gasteiger partial charge in [0.05, 0.1) is 10.6 Å². The summed E-state index contributed by atoms with van der Waals surface area (Å²) in [5.74, 6) is 0.214. The second kappa shape index (κ2) is 15.1. The minimum atomic E-state index is -4.20. The number of nitrogens with one attached hydrogen (secondary N) is 1. The molecule has 8 nitrogen and oxygen atoms in total. The van der Waals surface area contributed by atoms with Crippen LogP contribution in [-0.2, 0) is 26.2 Å². The molecule has 0 spiro atoms. The molecule has 0 aliphatic carbocycles. The maximum atomic E-state index is 14.2. The van der Waals surface area contributed by atoms with E-state index >= 15 is 0 Å². The number of hydrogen-bond acceptors (Lipinski definition) is 5. The number of carbonyl (C=O) groups excluding carboxylic acids is 2. The van der Waals surface area contributed by atoms with Crippen LogP contribution in [0.3, 0.4) is 0 Å². The molecule has 0 fully saturated rings. The van der Waals surface area contributed by atoms with E-state index in [0.717, 1.165) is 9.87 Å². The Labute approximate surface area is 270 Å². The molecule has 0 aliphatic heterocycles. The first-order valence-corrected chi connectivity index (χ1v) is 16.6. The van der Waals surface area contributed by atoms with Crippen LogP contribution in [0.25, 0.3) is 0 Å². The van der Waals surface area contributed by atoms with Gasteiger partial charge < -0.3 is 15.0 Å². The Balaban J connectivity index is 1.71. The van der Waals surface area contributed by atoms with Crippen LogP contribution in [0.5, 0.6) is 11.5 Å². The minimum absolute atomic E-state index is 0.00979. The van der Waals surface area contributed by atoms with Crippen molar-refractivity contribution >= 4 is 39.1 Å². The summed E-state index contributed by atoms with van der Waals surface area (Å²) in [6.45, 7) is 6.77. The molecule has 10 heteroatoms. The van der Waals surface area contributed by atoms with Crippen LogP contribution in [0.15, 0.2) is 108 Å². The lowest BCUT2D eigenvalue weighted by atomic mass is 10.1. The van der Waals surface area contributed by atoms with Gasteiger partial charge in [-0.05, 0) is 87.4 Å². The third-order valence-corrected chi connectivity index (χ3v) is 9.62. The van der Waals surface area contributed by atoms with E-state index in [1.807, 2.05) is 51.1 Å². The number of halogens is 1. The minimum Gasteiger partial charge on any atom is -0.457 e. The van der Waals surface area contributed by atoms with Crippen LogP contribution < -0.4 is 14.4 Å². The standard InChI is InChI=1S/C35H38ClN3O5S/c1-5-26(3)37-35(41)27(4)38(23-28-11-9-10-14-33(28)36)34(40)24-39(45(42,43)32-21-15-25(2)16-22-32)29-17-19-31(20-18-29)44-30-12-7-6-8-13-30/h6-22,26-27H,5,23-24H2,1-4H3,(H,37,41)/t26-,27-/m1/s1. The summed E-state index contributed by atoms with van der Waals surface area (Å²) in [5, 5.41) is 3.36. The molecule has 4 aromatic rings. The van der Waals surface area contributed by atoms with Crippen LogP contribution >= 0.6 is 11.6 Å². The lowest BCUT2D eigenvalue weighted by molar-refractivity contribution is -0.139. The van der Waals surface area contributed by atoms with Gasteiger partial charge in [0.15, 0.2) is 0 Å². The first-order valence-electron chi connectivity index (χ1n) is 14.7. The van der Waals surface area contributed by atoms with Gasteiger partial charge in [-0.2, -0.15) is 0 Å². The fourth-order valence-corrected chi connectivity index (χ4v) is 6.14. The van der Waals surface area contributed by atoms with Crippen molar-refractivity contribution in [2.24, 2.45) is 0 Å². The highest BCUT2D eigenvalue weighted by atomic mass is 35.5. The Morgan fingerprint density at radius 1 is 0.844 bits per heavy atom. The quantitative estimate of drug-likeness (QED) is 0.169. The Kier molecular flexibility index (Phi) is 11.3. The van der Waals surface area contributed by atoms with Crippen molar-refractivity contribution in [3.05, 3.63) is 119 Å². The van der Waals surface area contributed by atoms with Gasteiger partial charge in [-0.15, -0.1) is 0 Å². The first-order chi connectivity index (χ1) is 21.5. The topological polar surface area (TPSA) is 96.0 Å². The smallest absolute Gasteiger partial charge is 0.264 e. The molecule has 0 bridgehead atoms. The van der Waals surface area contributed by atoms with Gasteiger partial charge >= 0.3 is 0 Å². The molecule has 0 unspecified atom stereocenters. The molecule has 0 radical (unpaired) electrons. The molecular weight excluding hydrogens is 610 g/mol. The van der Waals surface area contributed by atoms with E-state index in [1.165, 1.54) is 17.0 Å². The number of ether oxygens (including phenoxy) is 1. The van der Waals surface area contributed by atoms with Gasteiger partial charge in [-0.3, -0.25) is 13.9 Å². The summed E-state index contributed by atoms with van der Waals surface area (Å²) in [5.41, 5.74) is 1.79. The Hall–Kier alpha value is -4.34. The third kappa shape index (κ3) is 8.65. The number of rotatable bonds is 13. The van der Waals surface area contributed by atoms with E-state index in [1.54, 1.807) is 67.6 Å². The normalized spacial score (nSPS) is 12.6. The maximum Gasteiger partial charge on any atom is 0.264 e. The molecular formula is C35H38ClN3O5S. The highest BCUT2D eigenvalue weighted by Gasteiger charge is 2.33. The van der Waals surface area contributed by atoms with E-state index in [4.69, 9.17) is 16.3 Å². The van der Waals surface area contributed by atoms with Crippen LogP contribution in [0.2, 0.25) is 5.02 Å². The molecule has 2 atom stereocenters. The zero-order valence-corrected chi connectivity index (χ0v) is 27.4. The molecule has 4 aromatic carbocycles. The van der Waals surface area contributed by atoms with E-state index in [0.29, 0.717) is 28.5 Å². The van der Waals surface area contributed by atoms with E-state index in [-0.39, 0.29) is 29.1 Å². The van der Waals surface area contributed by atoms with Crippen LogP contribution in [0.4, 0.5) is 5.69 Å². The number of amides is 2. The Morgan fingerprint density at radius 2 is 1.44 bits per heavy atom. The molecule has 0 aliphatic rings. The third-order valence-electron chi connectivity index (χ3n) is 7.46. The van der Waals surface area contributed by atoms with Gasteiger partial charge in [-0.1, -0.05) is 72.6 Å². The predicted octanol–water partition coefficient (Wildman–Crippen LogP) is 6.97. The second-order valence-electron chi connectivity index (χ2n) is 10.8. The largest absolute Gasteiger partial charge is 0.457 e. The van der Waals surface area contributed by atoms with E-state index in [2.05, 4.69) is 5.32 Å². The monoisotopic (exact) mass is 647 g/mol. The van der Waals surface area contributed by atoms with Gasteiger partial charge in [0, 0.05) is 17.6 Å². The summed E-state index contributed by atoms with van der Waals surface area (Å²) in [6.07, 6.45) is 0.712. The Morgan fingerprint density at radius 3 is 2.07 bits per heavy atom. The molecule has 4 rings (SSSR count). The van der Waals surface area contributed by atoms with Crippen LogP contribution in [0, 0.1) is 6.92 Å². The fraction of sp³-hybridized carbons (Fsp3) is 0.257. The number of benzene rings is 4. The summed E-state index contributed by atoms with van der Waals surface area (Å²) in [6, 6.07) is 28.1. The lowest BCUT2D eigenvalue weighted by Gasteiger charge is -2.32. The summed E-state index contributed by atoms with van der Waals surface area (Å²) in [4.78, 5) is 28.8. The predicted molar refractivity (Wildman–Crippen MR) is 178 cm³/mol. The first kappa shape index (κ1) is 33.6. The molecule has 236 valence electrons. The Bertz CT molecular complexity index is 1700. The number of para-hydroxylation sites is 1. The molecule has 0 aromatic heterocycles. The SMILES string of the molecule is CC[C@@H](C)NC(=O)[C@@H](C)N(Cc1ccccc1Cl)C(=O)CN(c1ccc(Oc2ccccc2)cc1)S(=O)(=O)c1ccc(C)cc1. The van der Waals surface area contributed by atoms with E-state index in [9.17, 15) is 18.0 Å². The molecule has 0 saturated heterocycles. The number of nitrogens with zero attached hydrogens (tertiary/aromatic N) is 2. The number of hydrogen-bond donors (Lipinski definition) is 1. The number of sulfonamides is 1. The van der Waals surface area contributed by atoms with Crippen molar-refractivity contribution in [2.75, 3.05) is 10.8 Å². The van der Waals surface area contributed by atoms with E-state index < -0.39 is 28.5 Å². The lowest BCUT2D eigenvalue weighted by Crippen LogP contribution is -2.52. The fourth-order valence-electron chi connectivity index (χ4n) is 4.53. The van der Waals surface area contributed by atoms with Crippen molar-refractivity contribution in [1.82, 2.24) is 10.2 Å². The van der Waals surface area contributed by atoms with Crippen molar-refractivity contribution in [2.45, 2.75) is 57.6 Å². The van der Waals surface area contributed by atoms with Crippen molar-refractivity contribution in [1.29, 1.82) is 0 Å². The average molecular weight is 648 g/mol. The van der Waals surface area contributed by atoms with Gasteiger partial charge in [-0.25, -0.2) is 8.42 Å². The van der Waals surface area contributed by atoms with Gasteiger partial charge in [0.1, 0.15) is 24.1 Å². The van der Waals surface area contributed by atoms with Crippen molar-refractivity contribution in [3.63, 3.8) is 0 Å². The number of carbonyl (C=O) groups is 2. The average Bonchev–Trinajstić information content (AvgIpc) is 3.03. The molecule has 0 heterocycles. The highest BCUT2D eigenvalue weighted by Crippen LogP contribution is 2.29. The zero-order valence-electron chi connectivity index (χ0n) is 25.8. The highest BCUT2D eigenvalue weighted by molar-refractivity contribution is 7.92. The number of anilines is 1. The molecule has 0 saturated carbocycles. The second-order valence-corrected chi connectivity index (χ2v) is 13.1.